The van der Waals surface area contributed by atoms with Gasteiger partial charge in [-0.25, -0.2) is 0 Å². The van der Waals surface area contributed by atoms with Crippen LogP contribution in [0.15, 0.2) is 12.1 Å². The second kappa shape index (κ2) is 6.31. The van der Waals surface area contributed by atoms with E-state index in [4.69, 9.17) is 11.6 Å². The van der Waals surface area contributed by atoms with Crippen LogP contribution in [0.3, 0.4) is 0 Å². The molecule has 2 rings (SSSR count). The number of nitrogens with one attached hydrogen (secondary N) is 1. The highest BCUT2D eigenvalue weighted by Gasteiger charge is 2.10. The smallest absolute Gasteiger partial charge is 0.157 e. The van der Waals surface area contributed by atoms with Gasteiger partial charge in [-0.15, -0.1) is 21.5 Å². The van der Waals surface area contributed by atoms with Crippen LogP contribution in [0.25, 0.3) is 9.88 Å². The van der Waals surface area contributed by atoms with Gasteiger partial charge in [0.1, 0.15) is 5.01 Å². The Morgan fingerprint density at radius 2 is 2.00 bits per heavy atom. The summed E-state index contributed by atoms with van der Waals surface area (Å²) in [4.78, 5) is 1.10. The summed E-state index contributed by atoms with van der Waals surface area (Å²) < 4.78 is 0.793. The van der Waals surface area contributed by atoms with E-state index in [-0.39, 0.29) is 5.54 Å². The first-order valence-electron chi connectivity index (χ1n) is 6.27. The fourth-order valence-corrected chi connectivity index (χ4v) is 3.56. The Morgan fingerprint density at radius 3 is 2.63 bits per heavy atom. The molecule has 0 aliphatic rings. The summed E-state index contributed by atoms with van der Waals surface area (Å²) in [6, 6.07) is 3.90. The molecule has 0 saturated heterocycles. The third-order valence-electron chi connectivity index (χ3n) is 2.47. The first kappa shape index (κ1) is 14.9. The molecule has 2 heterocycles. The summed E-state index contributed by atoms with van der Waals surface area (Å²) in [7, 11) is 0. The van der Waals surface area contributed by atoms with E-state index in [0.29, 0.717) is 0 Å². The van der Waals surface area contributed by atoms with Crippen LogP contribution in [0, 0.1) is 0 Å². The van der Waals surface area contributed by atoms with Crippen LogP contribution < -0.4 is 5.32 Å². The van der Waals surface area contributed by atoms with Crippen molar-refractivity contribution in [3.63, 3.8) is 0 Å². The standard InChI is InChI=1S/C13H18ClN3S2/c1-13(2,3)15-8-4-5-11-16-17-12(19-11)9-6-7-10(14)18-9/h6-7,15H,4-5,8H2,1-3H3. The predicted octanol–water partition coefficient (Wildman–Crippen LogP) is 4.24. The number of hydrogen-bond acceptors (Lipinski definition) is 5. The third-order valence-corrected chi connectivity index (χ3v) is 4.86. The van der Waals surface area contributed by atoms with Crippen molar-refractivity contribution in [2.24, 2.45) is 0 Å². The van der Waals surface area contributed by atoms with Gasteiger partial charge >= 0.3 is 0 Å². The van der Waals surface area contributed by atoms with Crippen LogP contribution in [-0.2, 0) is 6.42 Å². The molecule has 2 aromatic rings. The zero-order valence-electron chi connectivity index (χ0n) is 11.4. The Morgan fingerprint density at radius 1 is 1.21 bits per heavy atom. The van der Waals surface area contributed by atoms with Gasteiger partial charge in [0, 0.05) is 12.0 Å². The van der Waals surface area contributed by atoms with E-state index in [1.807, 2.05) is 12.1 Å². The number of hydrogen-bond donors (Lipinski definition) is 1. The SMILES string of the molecule is CC(C)(C)NCCCc1nnc(-c2ccc(Cl)s2)s1. The lowest BCUT2D eigenvalue weighted by Gasteiger charge is -2.20. The van der Waals surface area contributed by atoms with E-state index in [9.17, 15) is 0 Å². The lowest BCUT2D eigenvalue weighted by Crippen LogP contribution is -2.36. The number of rotatable bonds is 5. The molecule has 0 aliphatic carbocycles. The van der Waals surface area contributed by atoms with E-state index < -0.39 is 0 Å². The van der Waals surface area contributed by atoms with Crippen molar-refractivity contribution >= 4 is 34.3 Å². The van der Waals surface area contributed by atoms with Crippen LogP contribution in [0.2, 0.25) is 4.34 Å². The quantitative estimate of drug-likeness (QED) is 0.839. The van der Waals surface area contributed by atoms with Crippen molar-refractivity contribution in [2.45, 2.75) is 39.2 Å². The van der Waals surface area contributed by atoms with Gasteiger partial charge in [0.15, 0.2) is 5.01 Å². The summed E-state index contributed by atoms with van der Waals surface area (Å²) in [6.07, 6.45) is 2.05. The van der Waals surface area contributed by atoms with Crippen LogP contribution >= 0.6 is 34.3 Å². The first-order valence-corrected chi connectivity index (χ1v) is 8.28. The summed E-state index contributed by atoms with van der Waals surface area (Å²) >= 11 is 9.13. The Bertz CT molecular complexity index is 528. The van der Waals surface area contributed by atoms with Gasteiger partial charge < -0.3 is 5.32 Å². The minimum absolute atomic E-state index is 0.181. The second-order valence-electron chi connectivity index (χ2n) is 5.39. The molecule has 0 unspecified atom stereocenters. The van der Waals surface area contributed by atoms with Gasteiger partial charge in [-0.2, -0.15) is 0 Å². The summed E-state index contributed by atoms with van der Waals surface area (Å²) in [5.41, 5.74) is 0.181. The van der Waals surface area contributed by atoms with Crippen molar-refractivity contribution in [2.75, 3.05) is 6.54 Å². The van der Waals surface area contributed by atoms with Gasteiger partial charge in [0.05, 0.1) is 9.21 Å². The predicted molar refractivity (Wildman–Crippen MR) is 84.3 cm³/mol. The van der Waals surface area contributed by atoms with Gasteiger partial charge in [0.25, 0.3) is 0 Å². The minimum Gasteiger partial charge on any atom is -0.312 e. The molecule has 1 N–H and O–H groups in total. The number of aromatic nitrogens is 2. The van der Waals surface area contributed by atoms with Crippen LogP contribution in [0.1, 0.15) is 32.2 Å². The van der Waals surface area contributed by atoms with Crippen molar-refractivity contribution < 1.29 is 0 Å². The van der Waals surface area contributed by atoms with Crippen LogP contribution in [0.4, 0.5) is 0 Å². The summed E-state index contributed by atoms with van der Waals surface area (Å²) in [5, 5.41) is 14.0. The van der Waals surface area contributed by atoms with Crippen molar-refractivity contribution in [1.82, 2.24) is 15.5 Å². The molecule has 3 nitrogen and oxygen atoms in total. The molecule has 0 fully saturated rings. The average Bonchev–Trinajstić information content (AvgIpc) is 2.92. The molecule has 0 saturated carbocycles. The maximum Gasteiger partial charge on any atom is 0.157 e. The van der Waals surface area contributed by atoms with E-state index in [1.165, 1.54) is 0 Å². The number of aryl methyl sites for hydroxylation is 1. The molecule has 0 aliphatic heterocycles. The monoisotopic (exact) mass is 315 g/mol. The van der Waals surface area contributed by atoms with Crippen molar-refractivity contribution in [3.05, 3.63) is 21.5 Å². The van der Waals surface area contributed by atoms with Gasteiger partial charge in [0.2, 0.25) is 0 Å². The van der Waals surface area contributed by atoms with E-state index in [2.05, 4.69) is 36.3 Å². The zero-order chi connectivity index (χ0) is 13.9. The lowest BCUT2D eigenvalue weighted by molar-refractivity contribution is 0.422. The fourth-order valence-electron chi connectivity index (χ4n) is 1.59. The van der Waals surface area contributed by atoms with Crippen LogP contribution in [-0.4, -0.2) is 22.3 Å². The van der Waals surface area contributed by atoms with Gasteiger partial charge in [-0.05, 0) is 45.9 Å². The van der Waals surface area contributed by atoms with E-state index in [0.717, 1.165) is 38.6 Å². The highest BCUT2D eigenvalue weighted by atomic mass is 35.5. The highest BCUT2D eigenvalue weighted by molar-refractivity contribution is 7.23. The summed E-state index contributed by atoms with van der Waals surface area (Å²) in [5.74, 6) is 0. The maximum atomic E-state index is 5.93. The largest absolute Gasteiger partial charge is 0.312 e. The Labute approximate surface area is 127 Å². The van der Waals surface area contributed by atoms with E-state index in [1.54, 1.807) is 22.7 Å². The minimum atomic E-state index is 0.181. The number of halogens is 1. The lowest BCUT2D eigenvalue weighted by atomic mass is 10.1. The molecule has 0 aromatic carbocycles. The maximum absolute atomic E-state index is 5.93. The third kappa shape index (κ3) is 4.84. The molecule has 0 bridgehead atoms. The fraction of sp³-hybridized carbons (Fsp3) is 0.538. The number of thiophene rings is 1. The zero-order valence-corrected chi connectivity index (χ0v) is 13.8. The highest BCUT2D eigenvalue weighted by Crippen LogP contribution is 2.32. The molecular weight excluding hydrogens is 298 g/mol. The normalized spacial score (nSPS) is 12.0. The second-order valence-corrected chi connectivity index (χ2v) is 8.16. The molecule has 104 valence electrons. The van der Waals surface area contributed by atoms with E-state index >= 15 is 0 Å². The Balaban J connectivity index is 1.85. The molecule has 0 spiro atoms. The first-order chi connectivity index (χ1) is 8.94. The molecule has 19 heavy (non-hydrogen) atoms. The molecular formula is C13H18ClN3S2. The molecule has 0 amide bonds. The average molecular weight is 316 g/mol. The Kier molecular flexibility index (Phi) is 4.95. The molecule has 0 atom stereocenters. The van der Waals surface area contributed by atoms with Crippen molar-refractivity contribution in [3.8, 4) is 9.88 Å². The van der Waals surface area contributed by atoms with Crippen molar-refractivity contribution in [1.29, 1.82) is 0 Å². The summed E-state index contributed by atoms with van der Waals surface area (Å²) in [6.45, 7) is 7.53. The Hall–Kier alpha value is -0.490. The number of nitrogens with zero attached hydrogens (tertiary/aromatic N) is 2. The van der Waals surface area contributed by atoms with Gasteiger partial charge in [-0.3, -0.25) is 0 Å². The molecule has 2 aromatic heterocycles. The molecule has 6 heteroatoms. The van der Waals surface area contributed by atoms with Gasteiger partial charge in [-0.1, -0.05) is 22.9 Å². The topological polar surface area (TPSA) is 37.8 Å². The van der Waals surface area contributed by atoms with Crippen LogP contribution in [0.5, 0.6) is 0 Å². The molecule has 0 radical (unpaired) electrons.